The van der Waals surface area contributed by atoms with E-state index < -0.39 is 6.10 Å². The highest BCUT2D eigenvalue weighted by Crippen LogP contribution is 2.19. The second-order valence-corrected chi connectivity index (χ2v) is 4.98. The number of carbonyl (C=O) groups excluding carboxylic acids is 1. The van der Waals surface area contributed by atoms with Gasteiger partial charge in [-0.25, -0.2) is 4.98 Å². The second kappa shape index (κ2) is 5.52. The Bertz CT molecular complexity index is 426. The molecule has 100 valence electrons. The third-order valence-electron chi connectivity index (χ3n) is 3.07. The third-order valence-corrected chi connectivity index (χ3v) is 3.07. The Morgan fingerprint density at radius 1 is 1.44 bits per heavy atom. The summed E-state index contributed by atoms with van der Waals surface area (Å²) in [5.74, 6) is 1.74. The lowest BCUT2D eigenvalue weighted by Crippen LogP contribution is -2.31. The van der Waals surface area contributed by atoms with E-state index in [1.807, 2.05) is 13.8 Å². The smallest absolute Gasteiger partial charge is 0.254 e. The fourth-order valence-electron chi connectivity index (χ4n) is 2.21. The number of aromatic nitrogens is 2. The predicted molar refractivity (Wildman–Crippen MR) is 69.5 cm³/mol. The van der Waals surface area contributed by atoms with E-state index in [9.17, 15) is 4.79 Å². The SMILES string of the molecule is CC(C)O[C@@H](C)C(=O)Nc1cnc2n1CCCC2. The van der Waals surface area contributed by atoms with Gasteiger partial charge in [0.25, 0.3) is 5.91 Å². The number of anilines is 1. The summed E-state index contributed by atoms with van der Waals surface area (Å²) in [6, 6.07) is 0. The van der Waals surface area contributed by atoms with E-state index in [0.29, 0.717) is 0 Å². The fraction of sp³-hybridized carbons (Fsp3) is 0.692. The summed E-state index contributed by atoms with van der Waals surface area (Å²) in [4.78, 5) is 16.3. The van der Waals surface area contributed by atoms with Gasteiger partial charge in [0, 0.05) is 13.0 Å². The number of hydrogen-bond acceptors (Lipinski definition) is 3. The number of imidazole rings is 1. The summed E-state index contributed by atoms with van der Waals surface area (Å²) < 4.78 is 7.55. The van der Waals surface area contributed by atoms with Crippen molar-refractivity contribution in [3.8, 4) is 0 Å². The lowest BCUT2D eigenvalue weighted by atomic mass is 10.2. The van der Waals surface area contributed by atoms with Crippen molar-refractivity contribution >= 4 is 11.7 Å². The molecule has 18 heavy (non-hydrogen) atoms. The number of fused-ring (bicyclic) bond motifs is 1. The Kier molecular flexibility index (Phi) is 4.01. The first-order valence-corrected chi connectivity index (χ1v) is 6.58. The predicted octanol–water partition coefficient (Wildman–Crippen LogP) is 1.97. The average molecular weight is 251 g/mol. The molecule has 5 heteroatoms. The van der Waals surface area contributed by atoms with Gasteiger partial charge in [-0.05, 0) is 33.6 Å². The van der Waals surface area contributed by atoms with Crippen LogP contribution in [0.5, 0.6) is 0 Å². The van der Waals surface area contributed by atoms with Crippen molar-refractivity contribution in [1.82, 2.24) is 9.55 Å². The maximum Gasteiger partial charge on any atom is 0.254 e. The van der Waals surface area contributed by atoms with Gasteiger partial charge < -0.3 is 14.6 Å². The molecular formula is C13H21N3O2. The monoisotopic (exact) mass is 251 g/mol. The number of ether oxygens (including phenoxy) is 1. The van der Waals surface area contributed by atoms with Gasteiger partial charge in [-0.1, -0.05) is 0 Å². The molecule has 1 amide bonds. The number of amides is 1. The topological polar surface area (TPSA) is 56.1 Å². The highest BCUT2D eigenvalue weighted by molar-refractivity contribution is 5.93. The number of hydrogen-bond donors (Lipinski definition) is 1. The Balaban J connectivity index is 2.01. The lowest BCUT2D eigenvalue weighted by molar-refractivity contribution is -0.128. The van der Waals surface area contributed by atoms with Crippen LogP contribution < -0.4 is 5.32 Å². The Morgan fingerprint density at radius 3 is 2.94 bits per heavy atom. The number of aryl methyl sites for hydroxylation is 1. The number of nitrogens with zero attached hydrogens (tertiary/aromatic N) is 2. The van der Waals surface area contributed by atoms with E-state index in [1.165, 1.54) is 6.42 Å². The van der Waals surface area contributed by atoms with Crippen LogP contribution in [0, 0.1) is 0 Å². The van der Waals surface area contributed by atoms with Gasteiger partial charge in [0.2, 0.25) is 0 Å². The first kappa shape index (κ1) is 13.1. The summed E-state index contributed by atoms with van der Waals surface area (Å²) in [5.41, 5.74) is 0. The minimum atomic E-state index is -0.445. The molecule has 1 aliphatic heterocycles. The molecule has 1 atom stereocenters. The van der Waals surface area contributed by atoms with Crippen LogP contribution in [0.4, 0.5) is 5.82 Å². The van der Waals surface area contributed by atoms with Crippen molar-refractivity contribution in [2.45, 2.75) is 58.8 Å². The molecule has 0 bridgehead atoms. The summed E-state index contributed by atoms with van der Waals surface area (Å²) in [5, 5.41) is 2.89. The van der Waals surface area contributed by atoms with Crippen molar-refractivity contribution in [2.75, 3.05) is 5.32 Å². The zero-order valence-corrected chi connectivity index (χ0v) is 11.3. The van der Waals surface area contributed by atoms with Gasteiger partial charge in [0.15, 0.2) is 0 Å². The molecule has 0 radical (unpaired) electrons. The summed E-state index contributed by atoms with van der Waals surface area (Å²) in [6.07, 6.45) is 4.65. The first-order valence-electron chi connectivity index (χ1n) is 6.58. The molecule has 1 aliphatic rings. The molecule has 2 rings (SSSR count). The Hall–Kier alpha value is -1.36. The van der Waals surface area contributed by atoms with Crippen LogP contribution in [0.3, 0.4) is 0 Å². The molecule has 2 heterocycles. The highest BCUT2D eigenvalue weighted by atomic mass is 16.5. The Morgan fingerprint density at radius 2 is 2.22 bits per heavy atom. The zero-order valence-electron chi connectivity index (χ0n) is 11.3. The van der Waals surface area contributed by atoms with Crippen molar-refractivity contribution < 1.29 is 9.53 Å². The van der Waals surface area contributed by atoms with Gasteiger partial charge in [-0.15, -0.1) is 0 Å². The van der Waals surface area contributed by atoms with Crippen molar-refractivity contribution in [1.29, 1.82) is 0 Å². The van der Waals surface area contributed by atoms with Crippen molar-refractivity contribution in [2.24, 2.45) is 0 Å². The summed E-state index contributed by atoms with van der Waals surface area (Å²) >= 11 is 0. The molecule has 0 saturated carbocycles. The first-order chi connectivity index (χ1) is 8.58. The molecule has 0 fully saturated rings. The van der Waals surface area contributed by atoms with Crippen LogP contribution in [-0.4, -0.2) is 27.7 Å². The Labute approximate surface area is 108 Å². The molecular weight excluding hydrogens is 230 g/mol. The molecule has 0 aliphatic carbocycles. The lowest BCUT2D eigenvalue weighted by Gasteiger charge is -2.19. The molecule has 0 unspecified atom stereocenters. The van der Waals surface area contributed by atoms with Crippen LogP contribution >= 0.6 is 0 Å². The quantitative estimate of drug-likeness (QED) is 0.890. The van der Waals surface area contributed by atoms with Gasteiger partial charge >= 0.3 is 0 Å². The fourth-order valence-corrected chi connectivity index (χ4v) is 2.21. The van der Waals surface area contributed by atoms with Crippen LogP contribution in [0.1, 0.15) is 39.4 Å². The normalized spacial score (nSPS) is 16.4. The van der Waals surface area contributed by atoms with Crippen LogP contribution in [-0.2, 0) is 22.5 Å². The average Bonchev–Trinajstić information content (AvgIpc) is 2.72. The third kappa shape index (κ3) is 2.90. The van der Waals surface area contributed by atoms with E-state index in [1.54, 1.807) is 13.1 Å². The summed E-state index contributed by atoms with van der Waals surface area (Å²) in [7, 11) is 0. The second-order valence-electron chi connectivity index (χ2n) is 4.98. The molecule has 1 aromatic heterocycles. The molecule has 1 aromatic rings. The molecule has 0 saturated heterocycles. The molecule has 5 nitrogen and oxygen atoms in total. The van der Waals surface area contributed by atoms with Gasteiger partial charge in [0.1, 0.15) is 17.7 Å². The van der Waals surface area contributed by atoms with E-state index in [0.717, 1.165) is 31.0 Å². The number of carbonyl (C=O) groups is 1. The standard InChI is InChI=1S/C13H21N3O2/c1-9(2)18-10(3)13(17)15-12-8-14-11-6-4-5-7-16(11)12/h8-10H,4-7H2,1-3H3,(H,15,17)/t10-/m0/s1. The summed E-state index contributed by atoms with van der Waals surface area (Å²) in [6.45, 7) is 6.54. The van der Waals surface area contributed by atoms with Gasteiger partial charge in [-0.3, -0.25) is 4.79 Å². The molecule has 0 aromatic carbocycles. The number of nitrogens with one attached hydrogen (secondary N) is 1. The molecule has 0 spiro atoms. The maximum absolute atomic E-state index is 12.0. The minimum Gasteiger partial charge on any atom is -0.366 e. The van der Waals surface area contributed by atoms with Crippen LogP contribution in [0.15, 0.2) is 6.20 Å². The van der Waals surface area contributed by atoms with Crippen LogP contribution in [0.2, 0.25) is 0 Å². The van der Waals surface area contributed by atoms with Gasteiger partial charge in [-0.2, -0.15) is 0 Å². The van der Waals surface area contributed by atoms with E-state index >= 15 is 0 Å². The van der Waals surface area contributed by atoms with Crippen molar-refractivity contribution in [3.63, 3.8) is 0 Å². The maximum atomic E-state index is 12.0. The molecule has 1 N–H and O–H groups in total. The number of rotatable bonds is 4. The van der Waals surface area contributed by atoms with Crippen LogP contribution in [0.25, 0.3) is 0 Å². The van der Waals surface area contributed by atoms with Gasteiger partial charge in [0.05, 0.1) is 12.3 Å². The van der Waals surface area contributed by atoms with E-state index in [4.69, 9.17) is 4.74 Å². The highest BCUT2D eigenvalue weighted by Gasteiger charge is 2.19. The zero-order chi connectivity index (χ0) is 13.1. The largest absolute Gasteiger partial charge is 0.366 e. The van der Waals surface area contributed by atoms with E-state index in [2.05, 4.69) is 14.9 Å². The van der Waals surface area contributed by atoms with E-state index in [-0.39, 0.29) is 12.0 Å². The minimum absolute atomic E-state index is 0.0464. The van der Waals surface area contributed by atoms with Crippen molar-refractivity contribution in [3.05, 3.63) is 12.0 Å².